The molecule has 0 radical (unpaired) electrons. The lowest BCUT2D eigenvalue weighted by Crippen LogP contribution is -2.00. The summed E-state index contributed by atoms with van der Waals surface area (Å²) in [5.41, 5.74) is 0.920. The van der Waals surface area contributed by atoms with Crippen molar-refractivity contribution in [2.24, 2.45) is 0 Å². The molecule has 0 amide bonds. The van der Waals surface area contributed by atoms with Crippen LogP contribution in [0.4, 0.5) is 0 Å². The standard InChI is InChI=1S/C10H13ClO2/c1-7(6-12)9-5-8(13-2)3-4-10(9)11/h3-5,7,12H,6H2,1-2H3. The van der Waals surface area contributed by atoms with Gasteiger partial charge in [0.05, 0.1) is 7.11 Å². The minimum absolute atomic E-state index is 0.0441. The number of hydrogen-bond donors (Lipinski definition) is 1. The molecule has 1 atom stereocenters. The van der Waals surface area contributed by atoms with Crippen molar-refractivity contribution in [1.82, 2.24) is 0 Å². The molecule has 0 aliphatic carbocycles. The molecule has 0 saturated carbocycles. The maximum absolute atomic E-state index is 8.98. The van der Waals surface area contributed by atoms with Gasteiger partial charge in [-0.2, -0.15) is 0 Å². The van der Waals surface area contributed by atoms with E-state index in [2.05, 4.69) is 0 Å². The third kappa shape index (κ3) is 2.36. The minimum Gasteiger partial charge on any atom is -0.497 e. The van der Waals surface area contributed by atoms with Gasteiger partial charge in [0, 0.05) is 17.5 Å². The predicted octanol–water partition coefficient (Wildman–Crippen LogP) is 2.44. The second kappa shape index (κ2) is 4.49. The first-order chi connectivity index (χ1) is 6.19. The van der Waals surface area contributed by atoms with Crippen LogP contribution in [0.2, 0.25) is 5.02 Å². The molecule has 0 aliphatic heterocycles. The van der Waals surface area contributed by atoms with E-state index in [1.807, 2.05) is 13.0 Å². The van der Waals surface area contributed by atoms with E-state index in [-0.39, 0.29) is 12.5 Å². The number of ether oxygens (including phenoxy) is 1. The maximum atomic E-state index is 8.98. The Morgan fingerprint density at radius 3 is 2.77 bits per heavy atom. The Bertz CT molecular complexity index is 286. The molecule has 0 bridgehead atoms. The van der Waals surface area contributed by atoms with Crippen LogP contribution < -0.4 is 4.74 Å². The van der Waals surface area contributed by atoms with Crippen molar-refractivity contribution in [1.29, 1.82) is 0 Å². The molecule has 0 heterocycles. The van der Waals surface area contributed by atoms with Crippen molar-refractivity contribution in [3.05, 3.63) is 28.8 Å². The van der Waals surface area contributed by atoms with E-state index in [0.717, 1.165) is 11.3 Å². The van der Waals surface area contributed by atoms with Gasteiger partial charge in [-0.15, -0.1) is 0 Å². The van der Waals surface area contributed by atoms with Crippen LogP contribution in [0.1, 0.15) is 18.4 Å². The lowest BCUT2D eigenvalue weighted by molar-refractivity contribution is 0.273. The van der Waals surface area contributed by atoms with Crippen molar-refractivity contribution in [3.8, 4) is 5.75 Å². The molecule has 1 rings (SSSR count). The van der Waals surface area contributed by atoms with Crippen LogP contribution in [0.3, 0.4) is 0 Å². The molecule has 1 aromatic rings. The van der Waals surface area contributed by atoms with Crippen molar-refractivity contribution < 1.29 is 9.84 Å². The topological polar surface area (TPSA) is 29.5 Å². The van der Waals surface area contributed by atoms with Crippen molar-refractivity contribution in [3.63, 3.8) is 0 Å². The number of rotatable bonds is 3. The normalized spacial score (nSPS) is 12.6. The summed E-state index contributed by atoms with van der Waals surface area (Å²) in [5.74, 6) is 0.808. The maximum Gasteiger partial charge on any atom is 0.119 e. The Labute approximate surface area is 83.1 Å². The fourth-order valence-electron chi connectivity index (χ4n) is 1.12. The van der Waals surface area contributed by atoms with Crippen LogP contribution in [-0.4, -0.2) is 18.8 Å². The second-order valence-electron chi connectivity index (χ2n) is 2.97. The Kier molecular flexibility index (Phi) is 3.58. The van der Waals surface area contributed by atoms with Gasteiger partial charge >= 0.3 is 0 Å². The highest BCUT2D eigenvalue weighted by Crippen LogP contribution is 2.27. The Hall–Kier alpha value is -0.730. The van der Waals surface area contributed by atoms with E-state index in [0.29, 0.717) is 5.02 Å². The average molecular weight is 201 g/mol. The van der Waals surface area contributed by atoms with Crippen LogP contribution in [0, 0.1) is 0 Å². The highest BCUT2D eigenvalue weighted by Gasteiger charge is 2.09. The summed E-state index contributed by atoms with van der Waals surface area (Å²) in [4.78, 5) is 0. The van der Waals surface area contributed by atoms with Gasteiger partial charge in [0.15, 0.2) is 0 Å². The Morgan fingerprint density at radius 2 is 2.23 bits per heavy atom. The van der Waals surface area contributed by atoms with E-state index in [1.165, 1.54) is 0 Å². The monoisotopic (exact) mass is 200 g/mol. The van der Waals surface area contributed by atoms with Crippen molar-refractivity contribution in [2.45, 2.75) is 12.8 Å². The largest absolute Gasteiger partial charge is 0.497 e. The molecule has 1 aromatic carbocycles. The van der Waals surface area contributed by atoms with E-state index < -0.39 is 0 Å². The highest BCUT2D eigenvalue weighted by molar-refractivity contribution is 6.31. The van der Waals surface area contributed by atoms with E-state index >= 15 is 0 Å². The average Bonchev–Trinajstić information content (AvgIpc) is 2.17. The molecular weight excluding hydrogens is 188 g/mol. The highest BCUT2D eigenvalue weighted by atomic mass is 35.5. The molecule has 13 heavy (non-hydrogen) atoms. The quantitative estimate of drug-likeness (QED) is 0.812. The molecule has 0 saturated heterocycles. The first kappa shape index (κ1) is 10.4. The lowest BCUT2D eigenvalue weighted by Gasteiger charge is -2.11. The van der Waals surface area contributed by atoms with E-state index in [1.54, 1.807) is 19.2 Å². The van der Waals surface area contributed by atoms with Gasteiger partial charge in [-0.25, -0.2) is 0 Å². The minimum atomic E-state index is 0.0441. The van der Waals surface area contributed by atoms with E-state index in [9.17, 15) is 0 Å². The Morgan fingerprint density at radius 1 is 1.54 bits per heavy atom. The van der Waals surface area contributed by atoms with Crippen LogP contribution >= 0.6 is 11.6 Å². The molecule has 72 valence electrons. The molecule has 0 aliphatic rings. The lowest BCUT2D eigenvalue weighted by atomic mass is 10.0. The number of methoxy groups -OCH3 is 1. The first-order valence-corrected chi connectivity index (χ1v) is 4.51. The molecular formula is C10H13ClO2. The number of aliphatic hydroxyl groups excluding tert-OH is 1. The van der Waals surface area contributed by atoms with Gasteiger partial charge in [-0.05, 0) is 23.8 Å². The fraction of sp³-hybridized carbons (Fsp3) is 0.400. The molecule has 1 unspecified atom stereocenters. The van der Waals surface area contributed by atoms with Gasteiger partial charge in [0.25, 0.3) is 0 Å². The summed E-state index contributed by atoms with van der Waals surface area (Å²) in [7, 11) is 1.61. The molecule has 0 aromatic heterocycles. The summed E-state index contributed by atoms with van der Waals surface area (Å²) in [6, 6.07) is 5.43. The van der Waals surface area contributed by atoms with Crippen LogP contribution in [-0.2, 0) is 0 Å². The summed E-state index contributed by atoms with van der Waals surface area (Å²) < 4.78 is 5.06. The third-order valence-electron chi connectivity index (χ3n) is 2.01. The summed E-state index contributed by atoms with van der Waals surface area (Å²) >= 11 is 5.96. The van der Waals surface area contributed by atoms with Crippen molar-refractivity contribution >= 4 is 11.6 Å². The first-order valence-electron chi connectivity index (χ1n) is 4.13. The SMILES string of the molecule is COc1ccc(Cl)c(C(C)CO)c1. The molecule has 3 heteroatoms. The number of hydrogen-bond acceptors (Lipinski definition) is 2. The van der Waals surface area contributed by atoms with Crippen LogP contribution in [0.25, 0.3) is 0 Å². The summed E-state index contributed by atoms with van der Waals surface area (Å²) in [6.07, 6.45) is 0. The second-order valence-corrected chi connectivity index (χ2v) is 3.38. The smallest absolute Gasteiger partial charge is 0.119 e. The zero-order valence-corrected chi connectivity index (χ0v) is 8.51. The molecule has 0 spiro atoms. The fourth-order valence-corrected chi connectivity index (χ4v) is 1.43. The van der Waals surface area contributed by atoms with Gasteiger partial charge < -0.3 is 9.84 Å². The van der Waals surface area contributed by atoms with Crippen molar-refractivity contribution in [2.75, 3.05) is 13.7 Å². The van der Waals surface area contributed by atoms with Crippen LogP contribution in [0.5, 0.6) is 5.75 Å². The Balaban J connectivity index is 3.03. The molecule has 2 nitrogen and oxygen atoms in total. The van der Waals surface area contributed by atoms with Gasteiger partial charge in [-0.1, -0.05) is 18.5 Å². The van der Waals surface area contributed by atoms with E-state index in [4.69, 9.17) is 21.4 Å². The van der Waals surface area contributed by atoms with Gasteiger partial charge in [0.2, 0.25) is 0 Å². The molecule has 1 N–H and O–H groups in total. The van der Waals surface area contributed by atoms with Crippen LogP contribution in [0.15, 0.2) is 18.2 Å². The summed E-state index contributed by atoms with van der Waals surface area (Å²) in [6.45, 7) is 2.01. The zero-order chi connectivity index (χ0) is 9.84. The zero-order valence-electron chi connectivity index (χ0n) is 7.75. The van der Waals surface area contributed by atoms with Gasteiger partial charge in [0.1, 0.15) is 5.75 Å². The number of halogens is 1. The molecule has 0 fully saturated rings. The third-order valence-corrected chi connectivity index (χ3v) is 2.35. The predicted molar refractivity (Wildman–Crippen MR) is 53.5 cm³/mol. The number of aliphatic hydroxyl groups is 1. The van der Waals surface area contributed by atoms with Gasteiger partial charge in [-0.3, -0.25) is 0 Å². The summed E-state index contributed by atoms with van der Waals surface area (Å²) in [5, 5.41) is 9.65. The number of benzene rings is 1.